The maximum atomic E-state index is 12.5. The van der Waals surface area contributed by atoms with Crippen molar-refractivity contribution >= 4 is 5.91 Å². The summed E-state index contributed by atoms with van der Waals surface area (Å²) in [5.74, 6) is -0.311. The molecule has 2 atom stereocenters. The molecule has 0 saturated carbocycles. The summed E-state index contributed by atoms with van der Waals surface area (Å²) in [5.41, 5.74) is 1.95. The van der Waals surface area contributed by atoms with Crippen molar-refractivity contribution in [1.82, 2.24) is 15.5 Å². The number of aromatic nitrogens is 2. The van der Waals surface area contributed by atoms with Crippen LogP contribution >= 0.6 is 0 Å². The smallest absolute Gasteiger partial charge is 0.253 e. The van der Waals surface area contributed by atoms with Crippen LogP contribution in [0.15, 0.2) is 79.1 Å². The monoisotopic (exact) mass is 319 g/mol. The molecule has 0 saturated heterocycles. The zero-order valence-electron chi connectivity index (χ0n) is 12.9. The van der Waals surface area contributed by atoms with Crippen molar-refractivity contribution in [3.63, 3.8) is 0 Å². The lowest BCUT2D eigenvalue weighted by Crippen LogP contribution is -2.32. The normalized spacial score (nSPS) is 13.0. The standard InChI is InChI=1S/C19H17N3O2/c23-18(15-9-5-2-6-10-15)17(14-7-3-1-4-8-14)22-19(24)16-11-12-20-21-13-16/h1-13,17-18,23H,(H,22,24)/t17-,18+/m1/s1. The fourth-order valence-corrected chi connectivity index (χ4v) is 2.50. The van der Waals surface area contributed by atoms with Gasteiger partial charge in [-0.2, -0.15) is 10.2 Å². The van der Waals surface area contributed by atoms with Gasteiger partial charge in [0, 0.05) is 0 Å². The van der Waals surface area contributed by atoms with Gasteiger partial charge in [0.05, 0.1) is 24.0 Å². The molecule has 24 heavy (non-hydrogen) atoms. The first-order chi connectivity index (χ1) is 11.8. The molecule has 1 aromatic heterocycles. The van der Waals surface area contributed by atoms with Gasteiger partial charge in [-0.15, -0.1) is 0 Å². The summed E-state index contributed by atoms with van der Waals surface area (Å²) in [7, 11) is 0. The van der Waals surface area contributed by atoms with Gasteiger partial charge in [0.25, 0.3) is 5.91 Å². The minimum atomic E-state index is -0.868. The Kier molecular flexibility index (Phi) is 4.93. The van der Waals surface area contributed by atoms with Crippen LogP contribution < -0.4 is 5.32 Å². The molecule has 0 spiro atoms. The Hall–Kier alpha value is -3.05. The summed E-state index contributed by atoms with van der Waals surface area (Å²) >= 11 is 0. The molecule has 0 radical (unpaired) electrons. The largest absolute Gasteiger partial charge is 0.386 e. The first kappa shape index (κ1) is 15.8. The number of benzene rings is 2. The van der Waals surface area contributed by atoms with Gasteiger partial charge in [0.15, 0.2) is 0 Å². The first-order valence-corrected chi connectivity index (χ1v) is 7.61. The maximum absolute atomic E-state index is 12.5. The van der Waals surface area contributed by atoms with E-state index in [1.165, 1.54) is 12.4 Å². The third-order valence-electron chi connectivity index (χ3n) is 3.75. The highest BCUT2D eigenvalue weighted by Gasteiger charge is 2.25. The van der Waals surface area contributed by atoms with E-state index in [4.69, 9.17) is 0 Å². The van der Waals surface area contributed by atoms with Crippen molar-refractivity contribution in [2.24, 2.45) is 0 Å². The lowest BCUT2D eigenvalue weighted by atomic mass is 9.95. The Bertz CT molecular complexity index is 779. The molecule has 0 bridgehead atoms. The molecule has 5 heteroatoms. The van der Waals surface area contributed by atoms with Crippen LogP contribution in [0.3, 0.4) is 0 Å². The van der Waals surface area contributed by atoms with Gasteiger partial charge >= 0.3 is 0 Å². The molecule has 0 aliphatic heterocycles. The average molecular weight is 319 g/mol. The third-order valence-corrected chi connectivity index (χ3v) is 3.75. The van der Waals surface area contributed by atoms with Crippen LogP contribution in [0.1, 0.15) is 33.6 Å². The van der Waals surface area contributed by atoms with Crippen LogP contribution in [-0.2, 0) is 0 Å². The van der Waals surface area contributed by atoms with Crippen molar-refractivity contribution in [2.45, 2.75) is 12.1 Å². The molecular weight excluding hydrogens is 302 g/mol. The number of carbonyl (C=O) groups is 1. The van der Waals surface area contributed by atoms with Crippen molar-refractivity contribution in [2.75, 3.05) is 0 Å². The number of carbonyl (C=O) groups excluding carboxylic acids is 1. The summed E-state index contributed by atoms with van der Waals surface area (Å²) in [6.45, 7) is 0. The van der Waals surface area contributed by atoms with E-state index < -0.39 is 12.1 Å². The summed E-state index contributed by atoms with van der Waals surface area (Å²) in [6.07, 6.45) is 1.99. The van der Waals surface area contributed by atoms with Crippen molar-refractivity contribution in [3.8, 4) is 0 Å². The van der Waals surface area contributed by atoms with E-state index in [2.05, 4.69) is 15.5 Å². The first-order valence-electron chi connectivity index (χ1n) is 7.61. The van der Waals surface area contributed by atoms with Crippen LogP contribution in [0.4, 0.5) is 0 Å². The molecule has 3 rings (SSSR count). The van der Waals surface area contributed by atoms with Gasteiger partial charge in [-0.3, -0.25) is 4.79 Å². The zero-order chi connectivity index (χ0) is 16.8. The van der Waals surface area contributed by atoms with Gasteiger partial charge < -0.3 is 10.4 Å². The summed E-state index contributed by atoms with van der Waals surface area (Å²) < 4.78 is 0. The van der Waals surface area contributed by atoms with Crippen molar-refractivity contribution in [1.29, 1.82) is 0 Å². The third kappa shape index (κ3) is 3.64. The molecule has 0 aliphatic carbocycles. The SMILES string of the molecule is O=C(N[C@H](c1ccccc1)[C@@H](O)c1ccccc1)c1ccnnc1. The van der Waals surface area contributed by atoms with E-state index in [0.29, 0.717) is 5.56 Å². The Balaban J connectivity index is 1.90. The van der Waals surface area contributed by atoms with Crippen LogP contribution in [0, 0.1) is 0 Å². The van der Waals surface area contributed by atoms with Gasteiger partial charge in [-0.25, -0.2) is 0 Å². The van der Waals surface area contributed by atoms with Gasteiger partial charge in [0.1, 0.15) is 6.10 Å². The average Bonchev–Trinajstić information content (AvgIpc) is 2.67. The maximum Gasteiger partial charge on any atom is 0.253 e. The number of rotatable bonds is 5. The van der Waals surface area contributed by atoms with Crippen LogP contribution in [0.2, 0.25) is 0 Å². The summed E-state index contributed by atoms with van der Waals surface area (Å²) in [4.78, 5) is 12.5. The molecule has 120 valence electrons. The van der Waals surface area contributed by atoms with Crippen LogP contribution in [0.25, 0.3) is 0 Å². The molecular formula is C19H17N3O2. The van der Waals surface area contributed by atoms with Crippen molar-refractivity contribution < 1.29 is 9.90 Å². The predicted molar refractivity (Wildman–Crippen MR) is 90.1 cm³/mol. The van der Waals surface area contributed by atoms with Gasteiger partial charge in [-0.05, 0) is 17.2 Å². The minimum absolute atomic E-state index is 0.311. The van der Waals surface area contributed by atoms with Crippen molar-refractivity contribution in [3.05, 3.63) is 95.8 Å². The molecule has 2 aromatic carbocycles. The number of hydrogen-bond donors (Lipinski definition) is 2. The predicted octanol–water partition coefficient (Wildman–Crippen LogP) is 2.68. The summed E-state index contributed by atoms with van der Waals surface area (Å²) in [6, 6.07) is 19.7. The molecule has 0 unspecified atom stereocenters. The lowest BCUT2D eigenvalue weighted by Gasteiger charge is -2.25. The van der Waals surface area contributed by atoms with E-state index >= 15 is 0 Å². The second kappa shape index (κ2) is 7.48. The molecule has 1 heterocycles. The Labute approximate surface area is 140 Å². The topological polar surface area (TPSA) is 75.1 Å². The molecule has 5 nitrogen and oxygen atoms in total. The second-order valence-electron chi connectivity index (χ2n) is 5.35. The quantitative estimate of drug-likeness (QED) is 0.758. The molecule has 0 aliphatic rings. The van der Waals surface area contributed by atoms with Gasteiger partial charge in [-0.1, -0.05) is 60.7 Å². The second-order valence-corrected chi connectivity index (χ2v) is 5.35. The molecule has 2 N–H and O–H groups in total. The van der Waals surface area contributed by atoms with E-state index in [9.17, 15) is 9.90 Å². The number of aliphatic hydroxyl groups excluding tert-OH is 1. The Morgan fingerprint density at radius 3 is 2.08 bits per heavy atom. The fourth-order valence-electron chi connectivity index (χ4n) is 2.50. The Morgan fingerprint density at radius 1 is 0.875 bits per heavy atom. The summed E-state index contributed by atoms with van der Waals surface area (Å²) in [5, 5.41) is 21.1. The lowest BCUT2D eigenvalue weighted by molar-refractivity contribution is 0.0831. The van der Waals surface area contributed by atoms with E-state index in [1.54, 1.807) is 6.07 Å². The van der Waals surface area contributed by atoms with E-state index in [-0.39, 0.29) is 5.91 Å². The highest BCUT2D eigenvalue weighted by atomic mass is 16.3. The number of nitrogens with one attached hydrogen (secondary N) is 1. The number of nitrogens with zero attached hydrogens (tertiary/aromatic N) is 2. The Morgan fingerprint density at radius 2 is 1.50 bits per heavy atom. The molecule has 1 amide bonds. The fraction of sp³-hybridized carbons (Fsp3) is 0.105. The van der Waals surface area contributed by atoms with E-state index in [0.717, 1.165) is 11.1 Å². The minimum Gasteiger partial charge on any atom is -0.386 e. The van der Waals surface area contributed by atoms with Gasteiger partial charge in [0.2, 0.25) is 0 Å². The highest BCUT2D eigenvalue weighted by molar-refractivity contribution is 5.94. The molecule has 3 aromatic rings. The number of hydrogen-bond acceptors (Lipinski definition) is 4. The zero-order valence-corrected chi connectivity index (χ0v) is 12.9. The highest BCUT2D eigenvalue weighted by Crippen LogP contribution is 2.28. The van der Waals surface area contributed by atoms with E-state index in [1.807, 2.05) is 60.7 Å². The number of amides is 1. The number of aliphatic hydroxyl groups is 1. The molecule has 0 fully saturated rings. The van der Waals surface area contributed by atoms with Crippen LogP contribution in [0.5, 0.6) is 0 Å². The van der Waals surface area contributed by atoms with Crippen LogP contribution in [-0.4, -0.2) is 21.2 Å².